The van der Waals surface area contributed by atoms with Gasteiger partial charge in [-0.25, -0.2) is 4.39 Å². The second-order valence-electron chi connectivity index (χ2n) is 6.68. The molecule has 138 valence electrons. The summed E-state index contributed by atoms with van der Waals surface area (Å²) in [5.41, 5.74) is 2.49. The summed E-state index contributed by atoms with van der Waals surface area (Å²) in [6.07, 6.45) is 1.14. The van der Waals surface area contributed by atoms with Crippen molar-refractivity contribution < 1.29 is 18.5 Å². The molecule has 1 aliphatic rings. The van der Waals surface area contributed by atoms with Gasteiger partial charge in [-0.1, -0.05) is 17.3 Å². The highest BCUT2D eigenvalue weighted by Crippen LogP contribution is 2.17. The van der Waals surface area contributed by atoms with Crippen LogP contribution in [-0.2, 0) is 22.6 Å². The molecule has 1 atom stereocenters. The van der Waals surface area contributed by atoms with Crippen LogP contribution in [0.5, 0.6) is 0 Å². The summed E-state index contributed by atoms with van der Waals surface area (Å²) in [6, 6.07) is 5.98. The second-order valence-corrected chi connectivity index (χ2v) is 6.68. The summed E-state index contributed by atoms with van der Waals surface area (Å²) in [6.45, 7) is 4.46. The van der Waals surface area contributed by atoms with Crippen molar-refractivity contribution in [2.45, 2.75) is 45.7 Å². The molecular formula is C19H22FN3O3. The maximum absolute atomic E-state index is 13.3. The number of hydrogen-bond acceptors (Lipinski definition) is 4. The lowest BCUT2D eigenvalue weighted by molar-refractivity contribution is -0.128. The first-order valence-corrected chi connectivity index (χ1v) is 8.65. The number of benzene rings is 1. The van der Waals surface area contributed by atoms with Crippen molar-refractivity contribution in [2.24, 2.45) is 0 Å². The molecule has 7 heteroatoms. The lowest BCUT2D eigenvalue weighted by Crippen LogP contribution is -2.37. The maximum atomic E-state index is 13.3. The topological polar surface area (TPSA) is 75.4 Å². The molecule has 3 rings (SSSR count). The average Bonchev–Trinajstić information content (AvgIpc) is 3.08. The fourth-order valence-corrected chi connectivity index (χ4v) is 3.27. The van der Waals surface area contributed by atoms with Gasteiger partial charge in [-0.2, -0.15) is 0 Å². The molecule has 2 amide bonds. The Hall–Kier alpha value is -2.70. The third kappa shape index (κ3) is 4.28. The van der Waals surface area contributed by atoms with Crippen molar-refractivity contribution in [1.29, 1.82) is 0 Å². The van der Waals surface area contributed by atoms with E-state index in [1.54, 1.807) is 17.0 Å². The van der Waals surface area contributed by atoms with Crippen molar-refractivity contribution in [1.82, 2.24) is 15.4 Å². The van der Waals surface area contributed by atoms with Gasteiger partial charge < -0.3 is 14.7 Å². The highest BCUT2D eigenvalue weighted by atomic mass is 19.1. The highest BCUT2D eigenvalue weighted by molar-refractivity contribution is 5.82. The SMILES string of the molecule is Cc1noc(C)c1CCC(=O)N[C@H]1CC(=O)N(Cc2cccc(F)c2)C1. The molecule has 0 spiro atoms. The minimum atomic E-state index is -0.321. The van der Waals surface area contributed by atoms with Crippen LogP contribution in [0.15, 0.2) is 28.8 Å². The van der Waals surface area contributed by atoms with Crippen LogP contribution >= 0.6 is 0 Å². The number of rotatable bonds is 6. The van der Waals surface area contributed by atoms with Crippen LogP contribution in [0.2, 0.25) is 0 Å². The van der Waals surface area contributed by atoms with Gasteiger partial charge in [-0.15, -0.1) is 0 Å². The zero-order valence-electron chi connectivity index (χ0n) is 14.9. The molecular weight excluding hydrogens is 337 g/mol. The Balaban J connectivity index is 1.50. The Bertz CT molecular complexity index is 799. The first-order chi connectivity index (χ1) is 12.4. The van der Waals surface area contributed by atoms with E-state index in [1.807, 2.05) is 13.8 Å². The number of carbonyl (C=O) groups is 2. The maximum Gasteiger partial charge on any atom is 0.225 e. The molecule has 1 aliphatic heterocycles. The van der Waals surface area contributed by atoms with Crippen LogP contribution in [0, 0.1) is 19.7 Å². The van der Waals surface area contributed by atoms with Gasteiger partial charge in [0.05, 0.1) is 11.7 Å². The van der Waals surface area contributed by atoms with Gasteiger partial charge in [-0.3, -0.25) is 9.59 Å². The van der Waals surface area contributed by atoms with E-state index in [0.29, 0.717) is 25.9 Å². The molecule has 1 saturated heterocycles. The molecule has 2 aromatic rings. The predicted octanol–water partition coefficient (Wildman–Crippen LogP) is 2.28. The molecule has 1 N–H and O–H groups in total. The number of likely N-dealkylation sites (tertiary alicyclic amines) is 1. The molecule has 1 aromatic heterocycles. The number of aryl methyl sites for hydroxylation is 2. The van der Waals surface area contributed by atoms with E-state index in [1.165, 1.54) is 12.1 Å². The smallest absolute Gasteiger partial charge is 0.225 e. The number of halogens is 1. The number of amides is 2. The summed E-state index contributed by atoms with van der Waals surface area (Å²) >= 11 is 0. The summed E-state index contributed by atoms with van der Waals surface area (Å²) in [4.78, 5) is 26.0. The number of nitrogens with zero attached hydrogens (tertiary/aromatic N) is 2. The summed E-state index contributed by atoms with van der Waals surface area (Å²) < 4.78 is 18.4. The van der Waals surface area contributed by atoms with Crippen molar-refractivity contribution in [2.75, 3.05) is 6.54 Å². The molecule has 0 bridgehead atoms. The number of hydrogen-bond donors (Lipinski definition) is 1. The van der Waals surface area contributed by atoms with E-state index < -0.39 is 0 Å². The molecule has 1 fully saturated rings. The Labute approximate surface area is 151 Å². The van der Waals surface area contributed by atoms with E-state index in [9.17, 15) is 14.0 Å². The largest absolute Gasteiger partial charge is 0.361 e. The molecule has 2 heterocycles. The van der Waals surface area contributed by atoms with Gasteiger partial charge in [0.2, 0.25) is 11.8 Å². The van der Waals surface area contributed by atoms with Crippen LogP contribution in [0.4, 0.5) is 4.39 Å². The molecule has 0 radical (unpaired) electrons. The van der Waals surface area contributed by atoms with E-state index in [0.717, 1.165) is 22.6 Å². The van der Waals surface area contributed by atoms with E-state index >= 15 is 0 Å². The van der Waals surface area contributed by atoms with Crippen LogP contribution in [-0.4, -0.2) is 34.5 Å². The lowest BCUT2D eigenvalue weighted by atomic mass is 10.1. The second kappa shape index (κ2) is 7.68. The fraction of sp³-hybridized carbons (Fsp3) is 0.421. The van der Waals surface area contributed by atoms with E-state index in [2.05, 4.69) is 10.5 Å². The number of aromatic nitrogens is 1. The van der Waals surface area contributed by atoms with Gasteiger partial charge in [0, 0.05) is 31.5 Å². The van der Waals surface area contributed by atoms with Crippen LogP contribution < -0.4 is 5.32 Å². The first-order valence-electron chi connectivity index (χ1n) is 8.65. The zero-order chi connectivity index (χ0) is 18.7. The van der Waals surface area contributed by atoms with Crippen molar-refractivity contribution in [3.63, 3.8) is 0 Å². The Kier molecular flexibility index (Phi) is 5.35. The van der Waals surface area contributed by atoms with Gasteiger partial charge in [0.1, 0.15) is 11.6 Å². The molecule has 1 aromatic carbocycles. The van der Waals surface area contributed by atoms with Gasteiger partial charge in [-0.05, 0) is 38.0 Å². The summed E-state index contributed by atoms with van der Waals surface area (Å²) in [5.74, 6) is 0.270. The van der Waals surface area contributed by atoms with Gasteiger partial charge >= 0.3 is 0 Å². The van der Waals surface area contributed by atoms with Crippen LogP contribution in [0.1, 0.15) is 35.4 Å². The first kappa shape index (κ1) is 18.1. The normalized spacial score (nSPS) is 17.0. The van der Waals surface area contributed by atoms with Gasteiger partial charge in [0.15, 0.2) is 0 Å². The van der Waals surface area contributed by atoms with Crippen molar-refractivity contribution >= 4 is 11.8 Å². The zero-order valence-corrected chi connectivity index (χ0v) is 14.9. The third-order valence-corrected chi connectivity index (χ3v) is 4.63. The standard InChI is InChI=1S/C19H22FN3O3/c1-12-17(13(2)26-22-12)6-7-18(24)21-16-9-19(25)23(11-16)10-14-4-3-5-15(20)8-14/h3-5,8,16H,6-7,9-11H2,1-2H3,(H,21,24)/t16-/m0/s1. The quantitative estimate of drug-likeness (QED) is 0.859. The minimum Gasteiger partial charge on any atom is -0.361 e. The summed E-state index contributed by atoms with van der Waals surface area (Å²) in [5, 5.41) is 6.79. The van der Waals surface area contributed by atoms with Crippen molar-refractivity contribution in [3.05, 3.63) is 52.7 Å². The van der Waals surface area contributed by atoms with Crippen molar-refractivity contribution in [3.8, 4) is 0 Å². The Morgan fingerprint density at radius 1 is 1.42 bits per heavy atom. The molecule has 0 unspecified atom stereocenters. The van der Waals surface area contributed by atoms with Crippen LogP contribution in [0.3, 0.4) is 0 Å². The minimum absolute atomic E-state index is 0.0368. The van der Waals surface area contributed by atoms with Crippen LogP contribution in [0.25, 0.3) is 0 Å². The monoisotopic (exact) mass is 359 g/mol. The Morgan fingerprint density at radius 2 is 2.23 bits per heavy atom. The fourth-order valence-electron chi connectivity index (χ4n) is 3.27. The number of carbonyl (C=O) groups excluding carboxylic acids is 2. The highest BCUT2D eigenvalue weighted by Gasteiger charge is 2.30. The average molecular weight is 359 g/mol. The molecule has 6 nitrogen and oxygen atoms in total. The van der Waals surface area contributed by atoms with Gasteiger partial charge in [0.25, 0.3) is 0 Å². The molecule has 26 heavy (non-hydrogen) atoms. The van der Waals surface area contributed by atoms with E-state index in [-0.39, 0.29) is 30.1 Å². The van der Waals surface area contributed by atoms with E-state index in [4.69, 9.17) is 4.52 Å². The lowest BCUT2D eigenvalue weighted by Gasteiger charge is -2.17. The number of nitrogens with one attached hydrogen (secondary N) is 1. The molecule has 0 saturated carbocycles. The summed E-state index contributed by atoms with van der Waals surface area (Å²) in [7, 11) is 0. The third-order valence-electron chi connectivity index (χ3n) is 4.63. The Morgan fingerprint density at radius 3 is 2.92 bits per heavy atom. The predicted molar refractivity (Wildman–Crippen MR) is 92.7 cm³/mol. The molecule has 0 aliphatic carbocycles.